The summed E-state index contributed by atoms with van der Waals surface area (Å²) in [5, 5.41) is 8.79. The van der Waals surface area contributed by atoms with E-state index in [4.69, 9.17) is 5.11 Å². The van der Waals surface area contributed by atoms with Crippen molar-refractivity contribution in [2.24, 2.45) is 0 Å². The second-order valence-electron chi connectivity index (χ2n) is 2.58. The maximum atomic E-state index is 12.5. The fourth-order valence-electron chi connectivity index (χ4n) is 0.989. The number of ether oxygens (including phenoxy) is 1. The van der Waals surface area contributed by atoms with Crippen LogP contribution in [0, 0.1) is 5.82 Å². The van der Waals surface area contributed by atoms with E-state index in [-0.39, 0.29) is 5.57 Å². The summed E-state index contributed by atoms with van der Waals surface area (Å²) in [6.45, 7) is 0. The Balaban J connectivity index is 3.06. The minimum Gasteiger partial charge on any atom is -0.503 e. The van der Waals surface area contributed by atoms with E-state index in [0.29, 0.717) is 5.56 Å². The quantitative estimate of drug-likeness (QED) is 0.593. The highest BCUT2D eigenvalue weighted by molar-refractivity contribution is 6.14. The van der Waals surface area contributed by atoms with Crippen LogP contribution in [0.5, 0.6) is 0 Å². The van der Waals surface area contributed by atoms with Crippen LogP contribution < -0.4 is 0 Å². The Labute approximate surface area is 80.4 Å². The van der Waals surface area contributed by atoms with Crippen molar-refractivity contribution in [2.45, 2.75) is 0 Å². The molecule has 0 saturated heterocycles. The van der Waals surface area contributed by atoms with Crippen LogP contribution in [0.15, 0.2) is 30.5 Å². The maximum absolute atomic E-state index is 12.5. The highest BCUT2D eigenvalue weighted by atomic mass is 19.1. The van der Waals surface area contributed by atoms with Crippen LogP contribution in [0.4, 0.5) is 4.39 Å². The molecule has 0 aliphatic rings. The van der Waals surface area contributed by atoms with E-state index in [1.54, 1.807) is 0 Å². The third-order valence-electron chi connectivity index (χ3n) is 1.62. The number of carboxylic acids is 1. The van der Waals surface area contributed by atoms with Crippen molar-refractivity contribution in [2.75, 3.05) is 7.11 Å². The fraction of sp³-hybridized carbons (Fsp3) is 0.100. The lowest BCUT2D eigenvalue weighted by Gasteiger charge is -2.01. The molecule has 0 unspecified atom stereocenters. The molecule has 0 heterocycles. The zero-order chi connectivity index (χ0) is 10.6. The van der Waals surface area contributed by atoms with Gasteiger partial charge in [0.15, 0.2) is 0 Å². The molecule has 0 spiro atoms. The Kier molecular flexibility index (Phi) is 3.23. The lowest BCUT2D eigenvalue weighted by Crippen LogP contribution is -2.00. The standard InChI is InChI=1S/C10H9FO3/c1-14-6-9(10(12)13)7-2-4-8(11)5-3-7/h2-6H,1H3,(H,12,13)/b9-6-. The van der Waals surface area contributed by atoms with Crippen molar-refractivity contribution in [1.82, 2.24) is 0 Å². The van der Waals surface area contributed by atoms with E-state index in [1.807, 2.05) is 0 Å². The zero-order valence-corrected chi connectivity index (χ0v) is 7.53. The second kappa shape index (κ2) is 4.41. The summed E-state index contributed by atoms with van der Waals surface area (Å²) in [7, 11) is 1.35. The highest BCUT2D eigenvalue weighted by Crippen LogP contribution is 2.15. The molecule has 1 N–H and O–H groups in total. The van der Waals surface area contributed by atoms with Gasteiger partial charge in [-0.15, -0.1) is 0 Å². The molecule has 74 valence electrons. The summed E-state index contributed by atoms with van der Waals surface area (Å²) in [6, 6.07) is 5.16. The first-order valence-corrected chi connectivity index (χ1v) is 3.87. The van der Waals surface area contributed by atoms with Crippen molar-refractivity contribution in [3.05, 3.63) is 41.9 Å². The van der Waals surface area contributed by atoms with Crippen LogP contribution in [-0.4, -0.2) is 18.2 Å². The molecule has 1 rings (SSSR count). The van der Waals surface area contributed by atoms with Crippen LogP contribution in [0.1, 0.15) is 5.56 Å². The second-order valence-corrected chi connectivity index (χ2v) is 2.58. The van der Waals surface area contributed by atoms with Gasteiger partial charge in [-0.1, -0.05) is 12.1 Å². The molecule has 14 heavy (non-hydrogen) atoms. The summed E-state index contributed by atoms with van der Waals surface area (Å²) < 4.78 is 17.2. The number of halogens is 1. The van der Waals surface area contributed by atoms with E-state index in [1.165, 1.54) is 31.4 Å². The molecule has 0 atom stereocenters. The molecule has 0 fully saturated rings. The molecule has 3 nitrogen and oxygen atoms in total. The molecule has 0 radical (unpaired) electrons. The van der Waals surface area contributed by atoms with Crippen molar-refractivity contribution >= 4 is 11.5 Å². The Hall–Kier alpha value is -1.84. The van der Waals surface area contributed by atoms with E-state index in [2.05, 4.69) is 4.74 Å². The smallest absolute Gasteiger partial charge is 0.339 e. The van der Waals surface area contributed by atoms with Crippen molar-refractivity contribution < 1.29 is 19.0 Å². The summed E-state index contributed by atoms with van der Waals surface area (Å²) in [6.07, 6.45) is 1.11. The van der Waals surface area contributed by atoms with E-state index >= 15 is 0 Å². The van der Waals surface area contributed by atoms with Gasteiger partial charge in [-0.25, -0.2) is 9.18 Å². The number of carbonyl (C=O) groups is 1. The number of hydrogen-bond acceptors (Lipinski definition) is 2. The number of rotatable bonds is 3. The molecule has 4 heteroatoms. The maximum Gasteiger partial charge on any atom is 0.339 e. The number of aliphatic carboxylic acids is 1. The van der Waals surface area contributed by atoms with Crippen LogP contribution in [0.2, 0.25) is 0 Å². The van der Waals surface area contributed by atoms with E-state index < -0.39 is 11.8 Å². The van der Waals surface area contributed by atoms with Crippen LogP contribution >= 0.6 is 0 Å². The van der Waals surface area contributed by atoms with Gasteiger partial charge in [0.25, 0.3) is 0 Å². The van der Waals surface area contributed by atoms with Gasteiger partial charge < -0.3 is 9.84 Å². The van der Waals surface area contributed by atoms with Crippen molar-refractivity contribution in [3.8, 4) is 0 Å². The topological polar surface area (TPSA) is 46.5 Å². The van der Waals surface area contributed by atoms with Gasteiger partial charge in [-0.2, -0.15) is 0 Å². The average Bonchev–Trinajstić information content (AvgIpc) is 2.15. The third-order valence-corrected chi connectivity index (χ3v) is 1.62. The lowest BCUT2D eigenvalue weighted by atomic mass is 10.1. The molecule has 0 aliphatic carbocycles. The minimum atomic E-state index is -1.11. The SMILES string of the molecule is CO/C=C(\C(=O)O)c1ccc(F)cc1. The summed E-state index contributed by atoms with van der Waals surface area (Å²) >= 11 is 0. The first kappa shape index (κ1) is 10.2. The summed E-state index contributed by atoms with van der Waals surface area (Å²) in [5.41, 5.74) is 0.397. The lowest BCUT2D eigenvalue weighted by molar-refractivity contribution is -0.130. The van der Waals surface area contributed by atoms with Crippen LogP contribution in [0.3, 0.4) is 0 Å². The molecule has 0 aliphatic heterocycles. The molecule has 0 saturated carbocycles. The van der Waals surface area contributed by atoms with Gasteiger partial charge in [-0.3, -0.25) is 0 Å². The normalized spacial score (nSPS) is 11.1. The van der Waals surface area contributed by atoms with Crippen molar-refractivity contribution in [1.29, 1.82) is 0 Å². The first-order chi connectivity index (χ1) is 6.65. The molecule has 0 aromatic heterocycles. The number of benzene rings is 1. The van der Waals surface area contributed by atoms with Crippen molar-refractivity contribution in [3.63, 3.8) is 0 Å². The van der Waals surface area contributed by atoms with Gasteiger partial charge in [0.1, 0.15) is 11.4 Å². The van der Waals surface area contributed by atoms with E-state index in [0.717, 1.165) is 6.26 Å². The largest absolute Gasteiger partial charge is 0.503 e. The molecule has 0 amide bonds. The Morgan fingerprint density at radius 2 is 2.00 bits per heavy atom. The predicted octanol–water partition coefficient (Wildman–Crippen LogP) is 1.90. The molecule has 1 aromatic carbocycles. The van der Waals surface area contributed by atoms with Crippen LogP contribution in [0.25, 0.3) is 5.57 Å². The van der Waals surface area contributed by atoms with Gasteiger partial charge in [-0.05, 0) is 17.7 Å². The van der Waals surface area contributed by atoms with Gasteiger partial charge in [0.05, 0.1) is 13.4 Å². The first-order valence-electron chi connectivity index (χ1n) is 3.87. The summed E-state index contributed by atoms with van der Waals surface area (Å²) in [4.78, 5) is 10.7. The Morgan fingerprint density at radius 1 is 1.43 bits per heavy atom. The zero-order valence-electron chi connectivity index (χ0n) is 7.53. The predicted molar refractivity (Wildman–Crippen MR) is 49.0 cm³/mol. The third kappa shape index (κ3) is 2.32. The number of carboxylic acid groups (broad SMARTS) is 1. The summed E-state index contributed by atoms with van der Waals surface area (Å²) in [5.74, 6) is -1.52. The molecular formula is C10H9FO3. The molecular weight excluding hydrogens is 187 g/mol. The Bertz CT molecular complexity index is 354. The van der Waals surface area contributed by atoms with E-state index in [9.17, 15) is 9.18 Å². The van der Waals surface area contributed by atoms with Gasteiger partial charge in [0.2, 0.25) is 0 Å². The Morgan fingerprint density at radius 3 is 2.43 bits per heavy atom. The highest BCUT2D eigenvalue weighted by Gasteiger charge is 2.10. The van der Waals surface area contributed by atoms with Crippen LogP contribution in [-0.2, 0) is 9.53 Å². The number of methoxy groups -OCH3 is 1. The average molecular weight is 196 g/mol. The number of hydrogen-bond donors (Lipinski definition) is 1. The molecule has 1 aromatic rings. The monoisotopic (exact) mass is 196 g/mol. The molecule has 0 bridgehead atoms. The fourth-order valence-corrected chi connectivity index (χ4v) is 0.989. The van der Waals surface area contributed by atoms with Gasteiger partial charge >= 0.3 is 5.97 Å². The van der Waals surface area contributed by atoms with Gasteiger partial charge in [0, 0.05) is 0 Å². The minimum absolute atomic E-state index is 0.00694.